The molecule has 0 unspecified atom stereocenters. The zero-order chi connectivity index (χ0) is 24.5. The van der Waals surface area contributed by atoms with Gasteiger partial charge in [0.25, 0.3) is 15.7 Å². The van der Waals surface area contributed by atoms with E-state index in [0.717, 1.165) is 22.7 Å². The normalized spacial score (nSPS) is 14.6. The second kappa shape index (κ2) is 8.78. The van der Waals surface area contributed by atoms with E-state index in [2.05, 4.69) is 10.3 Å². The molecular formula is C22H17F3N4O4S. The number of benzene rings is 2. The summed E-state index contributed by atoms with van der Waals surface area (Å²) in [7, 11) is -5.54. The Bertz CT molecular complexity index is 1330. The number of sulfone groups is 1. The van der Waals surface area contributed by atoms with E-state index >= 15 is 0 Å². The Kier molecular flexibility index (Phi) is 6.00. The minimum absolute atomic E-state index is 0.0315. The highest BCUT2D eigenvalue weighted by molar-refractivity contribution is 7.92. The molecule has 34 heavy (non-hydrogen) atoms. The molecular weight excluding hydrogens is 473 g/mol. The van der Waals surface area contributed by atoms with Gasteiger partial charge in [0.05, 0.1) is 29.0 Å². The first kappa shape index (κ1) is 23.2. The zero-order valence-electron chi connectivity index (χ0n) is 17.4. The quantitative estimate of drug-likeness (QED) is 0.523. The van der Waals surface area contributed by atoms with Crippen LogP contribution in [0.25, 0.3) is 0 Å². The van der Waals surface area contributed by atoms with Crippen LogP contribution in [-0.4, -0.2) is 42.3 Å². The number of carbonyl (C=O) groups excluding carboxylic acids is 2. The van der Waals surface area contributed by atoms with E-state index in [-0.39, 0.29) is 18.8 Å². The number of alkyl halides is 3. The van der Waals surface area contributed by atoms with Gasteiger partial charge in [-0.15, -0.1) is 0 Å². The van der Waals surface area contributed by atoms with Gasteiger partial charge >= 0.3 is 11.5 Å². The summed E-state index contributed by atoms with van der Waals surface area (Å²) in [6.45, 7) is -0.187. The third kappa shape index (κ3) is 4.44. The smallest absolute Gasteiger partial charge is 0.354 e. The van der Waals surface area contributed by atoms with Gasteiger partial charge in [0.15, 0.2) is 0 Å². The number of nitrogens with zero attached hydrogens (tertiary/aromatic N) is 3. The first-order valence-electron chi connectivity index (χ1n) is 9.86. The predicted octanol–water partition coefficient (Wildman–Crippen LogP) is 4.09. The largest absolute Gasteiger partial charge is 0.501 e. The van der Waals surface area contributed by atoms with Crippen LogP contribution in [0, 0.1) is 0 Å². The molecule has 2 heterocycles. The number of anilines is 3. The number of halogens is 3. The summed E-state index contributed by atoms with van der Waals surface area (Å²) < 4.78 is 61.3. The Hall–Kier alpha value is -3.93. The van der Waals surface area contributed by atoms with Crippen LogP contribution in [0.15, 0.2) is 78.0 Å². The van der Waals surface area contributed by atoms with Gasteiger partial charge in [-0.2, -0.15) is 13.2 Å². The Morgan fingerprint density at radius 1 is 0.971 bits per heavy atom. The number of hydrogen-bond acceptors (Lipinski definition) is 6. The van der Waals surface area contributed by atoms with E-state index in [1.165, 1.54) is 4.90 Å². The van der Waals surface area contributed by atoms with Crippen molar-refractivity contribution in [3.63, 3.8) is 0 Å². The molecule has 0 aliphatic carbocycles. The molecule has 1 N–H and O–H groups in total. The topological polar surface area (TPSA) is 99.7 Å². The van der Waals surface area contributed by atoms with Gasteiger partial charge in [-0.3, -0.25) is 9.78 Å². The molecule has 0 radical (unpaired) electrons. The molecule has 3 amide bonds. The third-order valence-corrected chi connectivity index (χ3v) is 6.57. The minimum atomic E-state index is -5.54. The zero-order valence-corrected chi connectivity index (χ0v) is 18.2. The van der Waals surface area contributed by atoms with Gasteiger partial charge in [0.2, 0.25) is 0 Å². The lowest BCUT2D eigenvalue weighted by Crippen LogP contribution is -2.33. The van der Waals surface area contributed by atoms with Crippen LogP contribution in [-0.2, 0) is 21.2 Å². The number of imide groups is 1. The number of urea groups is 1. The number of amides is 3. The first-order valence-corrected chi connectivity index (χ1v) is 11.3. The molecule has 0 saturated carbocycles. The van der Waals surface area contributed by atoms with Crippen molar-refractivity contribution in [1.82, 2.24) is 9.88 Å². The van der Waals surface area contributed by atoms with Crippen LogP contribution in [0.5, 0.6) is 0 Å². The number of aromatic nitrogens is 1. The summed E-state index contributed by atoms with van der Waals surface area (Å²) in [5, 5.41) is 3.20. The number of carbonyl (C=O) groups is 2. The van der Waals surface area contributed by atoms with Crippen molar-refractivity contribution >= 4 is 38.8 Å². The molecule has 0 spiro atoms. The highest BCUT2D eigenvalue weighted by Crippen LogP contribution is 2.32. The van der Waals surface area contributed by atoms with Gasteiger partial charge < -0.3 is 10.2 Å². The van der Waals surface area contributed by atoms with Gasteiger partial charge in [0.1, 0.15) is 6.54 Å². The average Bonchev–Trinajstić information content (AvgIpc) is 3.08. The lowest BCUT2D eigenvalue weighted by atomic mass is 10.2. The van der Waals surface area contributed by atoms with E-state index < -0.39 is 32.2 Å². The van der Waals surface area contributed by atoms with E-state index in [1.54, 1.807) is 18.5 Å². The molecule has 0 atom stereocenters. The second-order valence-electron chi connectivity index (χ2n) is 7.33. The standard InChI is InChI=1S/C22H17F3N4O4S/c23-22(24,25)34(32,33)18-8-6-17(7-9-18)29-20(30)14-28(21(29)31)13-15-10-11-26-12-19(15)27-16-4-2-1-3-5-16/h1-12,27H,13-14H2. The van der Waals surface area contributed by atoms with Gasteiger partial charge in [-0.1, -0.05) is 18.2 Å². The van der Waals surface area contributed by atoms with E-state index in [0.29, 0.717) is 23.4 Å². The third-order valence-electron chi connectivity index (χ3n) is 5.07. The van der Waals surface area contributed by atoms with Crippen molar-refractivity contribution in [3.8, 4) is 0 Å². The maximum Gasteiger partial charge on any atom is 0.501 e. The van der Waals surface area contributed by atoms with Crippen LogP contribution in [0.3, 0.4) is 0 Å². The molecule has 2 aromatic carbocycles. The minimum Gasteiger partial charge on any atom is -0.354 e. The average molecular weight is 490 g/mol. The lowest BCUT2D eigenvalue weighted by molar-refractivity contribution is -0.116. The SMILES string of the molecule is O=C1CN(Cc2ccncc2Nc2ccccc2)C(=O)N1c1ccc(S(=O)(=O)C(F)(F)F)cc1. The lowest BCUT2D eigenvalue weighted by Gasteiger charge is -2.19. The van der Waals surface area contributed by atoms with Crippen LogP contribution >= 0.6 is 0 Å². The highest BCUT2D eigenvalue weighted by atomic mass is 32.2. The maximum absolute atomic E-state index is 12.9. The van der Waals surface area contributed by atoms with Crippen LogP contribution < -0.4 is 10.2 Å². The molecule has 0 bridgehead atoms. The Balaban J connectivity index is 1.53. The van der Waals surface area contributed by atoms with Crippen molar-refractivity contribution in [3.05, 3.63) is 78.6 Å². The summed E-state index contributed by atoms with van der Waals surface area (Å²) >= 11 is 0. The summed E-state index contributed by atoms with van der Waals surface area (Å²) in [6.07, 6.45) is 3.13. The highest BCUT2D eigenvalue weighted by Gasteiger charge is 2.47. The Morgan fingerprint density at radius 3 is 2.29 bits per heavy atom. The van der Waals surface area contributed by atoms with Crippen molar-refractivity contribution in [2.24, 2.45) is 0 Å². The number of pyridine rings is 1. The van der Waals surface area contributed by atoms with E-state index in [9.17, 15) is 31.2 Å². The van der Waals surface area contributed by atoms with Crippen LogP contribution in [0.2, 0.25) is 0 Å². The molecule has 1 saturated heterocycles. The van der Waals surface area contributed by atoms with Crippen molar-refractivity contribution in [2.45, 2.75) is 16.9 Å². The summed E-state index contributed by atoms with van der Waals surface area (Å²) in [5.74, 6) is -0.594. The Labute approximate surface area is 192 Å². The molecule has 176 valence electrons. The molecule has 8 nitrogen and oxygen atoms in total. The molecule has 12 heteroatoms. The fraction of sp³-hybridized carbons (Fsp3) is 0.136. The predicted molar refractivity (Wildman–Crippen MR) is 117 cm³/mol. The monoisotopic (exact) mass is 490 g/mol. The molecule has 1 fully saturated rings. The molecule has 1 aliphatic heterocycles. The van der Waals surface area contributed by atoms with Crippen molar-refractivity contribution in [1.29, 1.82) is 0 Å². The van der Waals surface area contributed by atoms with Crippen molar-refractivity contribution < 1.29 is 31.2 Å². The summed E-state index contributed by atoms with van der Waals surface area (Å²) in [5.41, 5.74) is -3.37. The fourth-order valence-corrected chi connectivity index (χ4v) is 4.15. The first-order chi connectivity index (χ1) is 16.1. The second-order valence-corrected chi connectivity index (χ2v) is 9.28. The summed E-state index contributed by atoms with van der Waals surface area (Å²) in [4.78, 5) is 30.6. The molecule has 4 rings (SSSR count). The maximum atomic E-state index is 12.9. The van der Waals surface area contributed by atoms with E-state index in [4.69, 9.17) is 0 Å². The van der Waals surface area contributed by atoms with Gasteiger partial charge in [-0.05, 0) is 48.0 Å². The van der Waals surface area contributed by atoms with Crippen molar-refractivity contribution in [2.75, 3.05) is 16.8 Å². The summed E-state index contributed by atoms with van der Waals surface area (Å²) in [6, 6.07) is 13.7. The van der Waals surface area contributed by atoms with Gasteiger partial charge in [-0.25, -0.2) is 18.1 Å². The molecule has 3 aromatic rings. The van der Waals surface area contributed by atoms with Gasteiger partial charge in [0, 0.05) is 11.9 Å². The molecule has 1 aromatic heterocycles. The Morgan fingerprint density at radius 2 is 1.65 bits per heavy atom. The number of rotatable bonds is 6. The number of hydrogen-bond donors (Lipinski definition) is 1. The number of para-hydroxylation sites is 1. The van der Waals surface area contributed by atoms with E-state index in [1.807, 2.05) is 30.3 Å². The number of nitrogens with one attached hydrogen (secondary N) is 1. The van der Waals surface area contributed by atoms with Crippen LogP contribution in [0.1, 0.15) is 5.56 Å². The fourth-order valence-electron chi connectivity index (χ4n) is 3.39. The van der Waals surface area contributed by atoms with Crippen LogP contribution in [0.4, 0.5) is 35.0 Å². The molecule has 1 aliphatic rings.